The van der Waals surface area contributed by atoms with Gasteiger partial charge in [-0.2, -0.15) is 0 Å². The molecule has 11 nitrogen and oxygen atoms in total. The number of aromatic nitrogens is 2. The molecule has 1 aliphatic rings. The molecule has 1 saturated heterocycles. The topological polar surface area (TPSA) is 147 Å². The van der Waals surface area contributed by atoms with Crippen LogP contribution in [0.3, 0.4) is 0 Å². The Morgan fingerprint density at radius 2 is 1.89 bits per heavy atom. The number of aryl methyl sites for hydroxylation is 1. The first-order valence-corrected chi connectivity index (χ1v) is 12.9. The Hall–Kier alpha value is -3.61. The summed E-state index contributed by atoms with van der Waals surface area (Å²) in [5.74, 6) is -1.81. The molecule has 37 heavy (non-hydrogen) atoms. The molecule has 1 aliphatic heterocycles. The average Bonchev–Trinajstić information content (AvgIpc) is 3.59. The van der Waals surface area contributed by atoms with Crippen LogP contribution in [-0.4, -0.2) is 76.3 Å². The number of amides is 2. The minimum absolute atomic E-state index is 0.0398. The number of thiazole rings is 1. The van der Waals surface area contributed by atoms with E-state index >= 15 is 0 Å². The summed E-state index contributed by atoms with van der Waals surface area (Å²) in [6, 6.07) is 8.92. The molecule has 2 amide bonds. The molecular weight excluding hydrogens is 498 g/mol. The van der Waals surface area contributed by atoms with Gasteiger partial charge in [-0.1, -0.05) is 35.5 Å². The van der Waals surface area contributed by atoms with Gasteiger partial charge in [0.1, 0.15) is 12.1 Å². The Morgan fingerprint density at radius 3 is 2.59 bits per heavy atom. The molecule has 0 bridgehead atoms. The zero-order valence-corrected chi connectivity index (χ0v) is 21.0. The highest BCUT2D eigenvalue weighted by molar-refractivity contribution is 7.07. The quantitative estimate of drug-likeness (QED) is 0.319. The zero-order valence-electron chi connectivity index (χ0n) is 20.2. The fraction of sp³-hybridized carbons (Fsp3) is 0.400. The van der Waals surface area contributed by atoms with Crippen molar-refractivity contribution in [3.05, 3.63) is 70.0 Å². The Bertz CT molecular complexity index is 1160. The summed E-state index contributed by atoms with van der Waals surface area (Å²) in [6.45, 7) is 3.29. The molecule has 0 aliphatic carbocycles. The van der Waals surface area contributed by atoms with Crippen molar-refractivity contribution >= 4 is 29.1 Å². The maximum absolute atomic E-state index is 13.2. The first-order chi connectivity index (χ1) is 18.0. The molecular formula is C25H29N5O6S. The number of hydrogen-bond donors (Lipinski definition) is 3. The van der Waals surface area contributed by atoms with Gasteiger partial charge in [0.15, 0.2) is 11.5 Å². The second-order valence-corrected chi connectivity index (χ2v) is 9.42. The number of hydrogen-bond acceptors (Lipinski definition) is 9. The van der Waals surface area contributed by atoms with E-state index in [0.717, 1.165) is 18.7 Å². The number of benzene rings is 1. The van der Waals surface area contributed by atoms with E-state index < -0.39 is 29.9 Å². The van der Waals surface area contributed by atoms with E-state index in [1.807, 2.05) is 30.3 Å². The Labute approximate surface area is 217 Å². The number of rotatable bonds is 12. The van der Waals surface area contributed by atoms with Crippen molar-refractivity contribution in [3.63, 3.8) is 0 Å². The van der Waals surface area contributed by atoms with Crippen molar-refractivity contribution in [2.24, 2.45) is 0 Å². The van der Waals surface area contributed by atoms with E-state index in [0.29, 0.717) is 37.6 Å². The van der Waals surface area contributed by atoms with Crippen molar-refractivity contribution in [2.75, 3.05) is 26.3 Å². The standard InChI is InChI=1S/C25H29N5O6S/c31-23(28-22(25(33)34)12-18-15-37-16-26-18)20(7-6-17-4-2-1-3-5-17)27-24(32)21-13-19(36-29-21)14-30-8-10-35-11-9-30/h1-5,13,15-16,20,22H,6-12,14H2,(H,27,32)(H,28,31)(H,33,34)/t20-,22-/m0/s1. The smallest absolute Gasteiger partial charge is 0.326 e. The average molecular weight is 528 g/mol. The fourth-order valence-corrected chi connectivity index (χ4v) is 4.52. The number of ether oxygens (including phenoxy) is 1. The lowest BCUT2D eigenvalue weighted by atomic mass is 10.0. The number of aliphatic carboxylic acids is 1. The molecule has 0 unspecified atom stereocenters. The third-order valence-electron chi connectivity index (χ3n) is 5.97. The summed E-state index contributed by atoms with van der Waals surface area (Å²) in [4.78, 5) is 44.2. The monoisotopic (exact) mass is 527 g/mol. The molecule has 12 heteroatoms. The van der Waals surface area contributed by atoms with Gasteiger partial charge in [0.2, 0.25) is 5.91 Å². The van der Waals surface area contributed by atoms with Crippen LogP contribution in [0.4, 0.5) is 0 Å². The van der Waals surface area contributed by atoms with Gasteiger partial charge in [-0.3, -0.25) is 14.5 Å². The Balaban J connectivity index is 1.42. The lowest BCUT2D eigenvalue weighted by Crippen LogP contribution is -2.52. The maximum Gasteiger partial charge on any atom is 0.326 e. The largest absolute Gasteiger partial charge is 0.480 e. The molecule has 0 spiro atoms. The van der Waals surface area contributed by atoms with Crippen LogP contribution in [0.15, 0.2) is 51.8 Å². The maximum atomic E-state index is 13.2. The first-order valence-electron chi connectivity index (χ1n) is 12.0. The van der Waals surface area contributed by atoms with E-state index in [2.05, 4.69) is 25.7 Å². The molecule has 196 valence electrons. The molecule has 4 rings (SSSR count). The molecule has 0 radical (unpaired) electrons. The normalized spacial score (nSPS) is 15.6. The Morgan fingerprint density at radius 1 is 1.11 bits per heavy atom. The van der Waals surface area contributed by atoms with Gasteiger partial charge in [0.25, 0.3) is 5.91 Å². The van der Waals surface area contributed by atoms with Crippen LogP contribution in [0, 0.1) is 0 Å². The van der Waals surface area contributed by atoms with Crippen LogP contribution < -0.4 is 10.6 Å². The van der Waals surface area contributed by atoms with Gasteiger partial charge in [-0.05, 0) is 18.4 Å². The van der Waals surface area contributed by atoms with Crippen LogP contribution in [-0.2, 0) is 33.7 Å². The predicted molar refractivity (Wildman–Crippen MR) is 134 cm³/mol. The van der Waals surface area contributed by atoms with Gasteiger partial charge >= 0.3 is 5.97 Å². The van der Waals surface area contributed by atoms with Gasteiger partial charge < -0.3 is 25.0 Å². The van der Waals surface area contributed by atoms with E-state index in [9.17, 15) is 19.5 Å². The van der Waals surface area contributed by atoms with E-state index in [-0.39, 0.29) is 18.5 Å². The van der Waals surface area contributed by atoms with Gasteiger partial charge in [0.05, 0.1) is 31.0 Å². The van der Waals surface area contributed by atoms with Gasteiger partial charge in [-0.15, -0.1) is 11.3 Å². The number of carbonyl (C=O) groups excluding carboxylic acids is 2. The minimum Gasteiger partial charge on any atom is -0.480 e. The first kappa shape index (κ1) is 26.5. The zero-order chi connectivity index (χ0) is 26.0. The molecule has 3 aromatic rings. The second kappa shape index (κ2) is 13.1. The molecule has 1 fully saturated rings. The van der Waals surface area contributed by atoms with Crippen molar-refractivity contribution in [2.45, 2.75) is 37.9 Å². The third kappa shape index (κ3) is 7.94. The molecule has 2 aromatic heterocycles. The summed E-state index contributed by atoms with van der Waals surface area (Å²) in [6.07, 6.45) is 0.811. The molecule has 1 aromatic carbocycles. The summed E-state index contributed by atoms with van der Waals surface area (Å²) < 4.78 is 10.7. The summed E-state index contributed by atoms with van der Waals surface area (Å²) in [5, 5.41) is 20.5. The second-order valence-electron chi connectivity index (χ2n) is 8.70. The van der Waals surface area contributed by atoms with E-state index in [4.69, 9.17) is 9.26 Å². The lowest BCUT2D eigenvalue weighted by Gasteiger charge is -2.25. The Kier molecular flexibility index (Phi) is 9.35. The highest BCUT2D eigenvalue weighted by Gasteiger charge is 2.28. The highest BCUT2D eigenvalue weighted by Crippen LogP contribution is 2.12. The van der Waals surface area contributed by atoms with Crippen molar-refractivity contribution in [1.29, 1.82) is 0 Å². The molecule has 2 atom stereocenters. The van der Waals surface area contributed by atoms with E-state index in [1.54, 1.807) is 17.0 Å². The van der Waals surface area contributed by atoms with Crippen LogP contribution in [0.1, 0.15) is 33.9 Å². The van der Waals surface area contributed by atoms with Crippen LogP contribution >= 0.6 is 11.3 Å². The number of carboxylic acid groups (broad SMARTS) is 1. The molecule has 3 heterocycles. The number of morpholine rings is 1. The van der Waals surface area contributed by atoms with Gasteiger partial charge in [-0.25, -0.2) is 9.78 Å². The summed E-state index contributed by atoms with van der Waals surface area (Å²) >= 11 is 1.34. The van der Waals surface area contributed by atoms with Gasteiger partial charge in [0, 0.05) is 31.0 Å². The van der Waals surface area contributed by atoms with Crippen molar-refractivity contribution in [3.8, 4) is 0 Å². The summed E-state index contributed by atoms with van der Waals surface area (Å²) in [7, 11) is 0. The molecule has 0 saturated carbocycles. The van der Waals surface area contributed by atoms with Crippen LogP contribution in [0.5, 0.6) is 0 Å². The van der Waals surface area contributed by atoms with E-state index in [1.165, 1.54) is 11.3 Å². The third-order valence-corrected chi connectivity index (χ3v) is 6.61. The van der Waals surface area contributed by atoms with Crippen molar-refractivity contribution in [1.82, 2.24) is 25.7 Å². The summed E-state index contributed by atoms with van der Waals surface area (Å²) in [5.41, 5.74) is 3.21. The van der Waals surface area contributed by atoms with Crippen LogP contribution in [0.2, 0.25) is 0 Å². The lowest BCUT2D eigenvalue weighted by molar-refractivity contribution is -0.142. The highest BCUT2D eigenvalue weighted by atomic mass is 32.1. The molecule has 3 N–H and O–H groups in total. The number of nitrogens with zero attached hydrogens (tertiary/aromatic N) is 3. The van der Waals surface area contributed by atoms with Crippen molar-refractivity contribution < 1.29 is 28.8 Å². The minimum atomic E-state index is -1.18. The van der Waals surface area contributed by atoms with Crippen LogP contribution in [0.25, 0.3) is 0 Å². The number of carboxylic acids is 1. The predicted octanol–water partition coefficient (Wildman–Crippen LogP) is 1.51. The fourth-order valence-electron chi connectivity index (χ4n) is 3.95. The number of carbonyl (C=O) groups is 3. The number of nitrogens with one attached hydrogen (secondary N) is 2. The SMILES string of the molecule is O=C(N[C@@H](CCc1ccccc1)C(=O)N[C@@H](Cc1cscn1)C(=O)O)c1cc(CN2CCOCC2)on1.